The van der Waals surface area contributed by atoms with Crippen molar-refractivity contribution >= 4 is 42.6 Å². The van der Waals surface area contributed by atoms with E-state index in [2.05, 4.69) is 9.82 Å². The van der Waals surface area contributed by atoms with Crippen molar-refractivity contribution < 1.29 is 26.4 Å². The minimum atomic E-state index is -4.52. The van der Waals surface area contributed by atoms with Crippen LogP contribution in [0.25, 0.3) is 10.8 Å². The summed E-state index contributed by atoms with van der Waals surface area (Å²) in [6, 6.07) is 23.4. The summed E-state index contributed by atoms with van der Waals surface area (Å²) in [5, 5.41) is 1.47. The fourth-order valence-electron chi connectivity index (χ4n) is 3.79. The molecule has 4 aromatic carbocycles. The van der Waals surface area contributed by atoms with Gasteiger partial charge in [0.25, 0.3) is 26.0 Å². The Labute approximate surface area is 207 Å². The third-order valence-corrected chi connectivity index (χ3v) is 8.54. The van der Waals surface area contributed by atoms with Gasteiger partial charge in [-0.1, -0.05) is 42.5 Å². The summed E-state index contributed by atoms with van der Waals surface area (Å²) in [4.78, 5) is 13.3. The molecule has 0 unspecified atom stereocenters. The first-order chi connectivity index (χ1) is 17.2. The maximum absolute atomic E-state index is 13.8. The number of carbonyl (C=O) groups excluding carboxylic acids is 1. The van der Waals surface area contributed by atoms with Crippen LogP contribution in [-0.4, -0.2) is 40.1 Å². The van der Waals surface area contributed by atoms with E-state index in [1.54, 1.807) is 24.3 Å². The number of methoxy groups -OCH3 is 1. The Hall–Kier alpha value is -4.22. The predicted molar refractivity (Wildman–Crippen MR) is 134 cm³/mol. The lowest BCUT2D eigenvalue weighted by atomic mass is 10.1. The second kappa shape index (κ2) is 8.77. The zero-order valence-corrected chi connectivity index (χ0v) is 20.5. The molecule has 36 heavy (non-hydrogen) atoms. The van der Waals surface area contributed by atoms with Crippen LogP contribution in [0.5, 0.6) is 5.75 Å². The standard InChI is InChI=1S/C25H19N3O6S2/c1-34-20-13-10-18(11-14-20)25(29)28(26-24-22-8-4-5-9-23(22)35(30,31)27-24)36(32,33)21-15-12-17-6-2-3-7-19(17)16-21/h2-16H,1H3,(H,26,27). The molecule has 0 saturated carbocycles. The Kier molecular flexibility index (Phi) is 5.73. The fraction of sp³-hybridized carbons (Fsp3) is 0.0400. The molecule has 0 saturated heterocycles. The highest BCUT2D eigenvalue weighted by Crippen LogP contribution is 2.27. The van der Waals surface area contributed by atoms with Gasteiger partial charge in [0.2, 0.25) is 0 Å². The van der Waals surface area contributed by atoms with E-state index in [0.29, 0.717) is 15.5 Å². The number of ether oxygens (including phenoxy) is 1. The van der Waals surface area contributed by atoms with Crippen LogP contribution in [-0.2, 0) is 20.0 Å². The Morgan fingerprint density at radius 1 is 0.889 bits per heavy atom. The van der Waals surface area contributed by atoms with E-state index in [9.17, 15) is 21.6 Å². The highest BCUT2D eigenvalue weighted by atomic mass is 32.2. The number of amides is 1. The van der Waals surface area contributed by atoms with Gasteiger partial charge in [-0.05, 0) is 59.3 Å². The van der Waals surface area contributed by atoms with E-state index in [4.69, 9.17) is 4.74 Å². The molecule has 11 heteroatoms. The lowest BCUT2D eigenvalue weighted by Crippen LogP contribution is -2.49. The molecular weight excluding hydrogens is 502 g/mol. The zero-order valence-electron chi connectivity index (χ0n) is 18.8. The van der Waals surface area contributed by atoms with Crippen molar-refractivity contribution in [3.63, 3.8) is 0 Å². The second-order valence-electron chi connectivity index (χ2n) is 7.83. The molecule has 9 nitrogen and oxygen atoms in total. The van der Waals surface area contributed by atoms with Crippen LogP contribution in [0.2, 0.25) is 0 Å². The number of rotatable bonds is 4. The highest BCUT2D eigenvalue weighted by Gasteiger charge is 2.36. The number of sulfonamides is 2. The first-order valence-electron chi connectivity index (χ1n) is 10.6. The molecule has 0 aliphatic carbocycles. The van der Waals surface area contributed by atoms with E-state index in [-0.39, 0.29) is 26.8 Å². The topological polar surface area (TPSA) is 122 Å². The van der Waals surface area contributed by atoms with Crippen LogP contribution in [0.1, 0.15) is 15.9 Å². The zero-order chi connectivity index (χ0) is 25.5. The smallest absolute Gasteiger partial charge is 0.286 e. The number of benzene rings is 4. The molecule has 1 heterocycles. The van der Waals surface area contributed by atoms with Gasteiger partial charge in [-0.25, -0.2) is 0 Å². The first kappa shape index (κ1) is 23.5. The summed E-state index contributed by atoms with van der Waals surface area (Å²) in [6.45, 7) is 0. The number of nitrogens with zero attached hydrogens (tertiary/aromatic N) is 2. The number of hydrazine groups is 1. The third-order valence-electron chi connectivity index (χ3n) is 5.62. The largest absolute Gasteiger partial charge is 0.497 e. The summed E-state index contributed by atoms with van der Waals surface area (Å²) in [5.74, 6) is -0.740. The number of hydrogen-bond donors (Lipinski definition) is 1. The molecule has 1 N–H and O–H groups in total. The van der Waals surface area contributed by atoms with Crippen molar-refractivity contribution in [2.24, 2.45) is 4.40 Å². The number of amidine groups is 1. The summed E-state index contributed by atoms with van der Waals surface area (Å²) >= 11 is 0. The lowest BCUT2D eigenvalue weighted by molar-refractivity contribution is 0.0838. The molecule has 1 aliphatic rings. The average Bonchev–Trinajstić information content (AvgIpc) is 3.16. The Balaban J connectivity index is 1.63. The quantitative estimate of drug-likeness (QED) is 0.409. The maximum Gasteiger partial charge on any atom is 0.286 e. The number of hydrogen-bond acceptors (Lipinski definition) is 7. The van der Waals surface area contributed by atoms with Crippen molar-refractivity contribution in [1.82, 2.24) is 9.84 Å². The Morgan fingerprint density at radius 2 is 1.56 bits per heavy atom. The van der Waals surface area contributed by atoms with E-state index in [0.717, 1.165) is 5.39 Å². The molecule has 0 atom stereocenters. The van der Waals surface area contributed by atoms with Crippen LogP contribution in [0.3, 0.4) is 0 Å². The third kappa shape index (κ3) is 4.08. The predicted octanol–water partition coefficient (Wildman–Crippen LogP) is 3.33. The minimum absolute atomic E-state index is 0.0300. The Bertz CT molecular complexity index is 1750. The molecule has 0 bridgehead atoms. The molecule has 0 radical (unpaired) electrons. The van der Waals surface area contributed by atoms with Crippen molar-refractivity contribution in [2.45, 2.75) is 9.79 Å². The lowest BCUT2D eigenvalue weighted by Gasteiger charge is -2.24. The van der Waals surface area contributed by atoms with Gasteiger partial charge in [0.15, 0.2) is 5.84 Å². The molecule has 0 fully saturated rings. The van der Waals surface area contributed by atoms with Crippen molar-refractivity contribution in [1.29, 1.82) is 0 Å². The van der Waals surface area contributed by atoms with Crippen molar-refractivity contribution in [3.05, 3.63) is 102 Å². The van der Waals surface area contributed by atoms with Crippen LogP contribution >= 0.6 is 0 Å². The summed E-state index contributed by atoms with van der Waals surface area (Å²) in [5.41, 5.74) is 2.66. The van der Waals surface area contributed by atoms with Crippen molar-refractivity contribution in [2.75, 3.05) is 7.11 Å². The molecule has 1 amide bonds. The summed E-state index contributed by atoms with van der Waals surface area (Å²) in [7, 11) is -7.12. The van der Waals surface area contributed by atoms with Gasteiger partial charge in [0, 0.05) is 11.1 Å². The fourth-order valence-corrected chi connectivity index (χ4v) is 6.21. The van der Waals surface area contributed by atoms with E-state index in [1.807, 2.05) is 12.1 Å². The first-order valence-corrected chi connectivity index (χ1v) is 13.5. The molecule has 0 spiro atoms. The monoisotopic (exact) mass is 521 g/mol. The minimum Gasteiger partial charge on any atom is -0.497 e. The molecule has 182 valence electrons. The van der Waals surface area contributed by atoms with Gasteiger partial charge in [-0.3, -0.25) is 10.2 Å². The van der Waals surface area contributed by atoms with E-state index < -0.39 is 26.0 Å². The van der Waals surface area contributed by atoms with E-state index >= 15 is 0 Å². The molecule has 4 aromatic rings. The second-order valence-corrected chi connectivity index (χ2v) is 11.2. The van der Waals surface area contributed by atoms with Crippen molar-refractivity contribution in [3.8, 4) is 5.75 Å². The van der Waals surface area contributed by atoms with E-state index in [1.165, 1.54) is 61.7 Å². The number of fused-ring (bicyclic) bond motifs is 2. The van der Waals surface area contributed by atoms with Crippen LogP contribution < -0.4 is 10.2 Å². The van der Waals surface area contributed by atoms with Gasteiger partial charge in [0.05, 0.1) is 12.0 Å². The van der Waals surface area contributed by atoms with Gasteiger partial charge in [-0.15, -0.1) is 8.81 Å². The molecule has 5 rings (SSSR count). The van der Waals surface area contributed by atoms with Gasteiger partial charge in [0.1, 0.15) is 10.6 Å². The number of carbonyl (C=O) groups is 1. The SMILES string of the molecule is COc1ccc(C(=O)N(NC2=NS(=O)(=O)c3ccccc32)S(=O)(=O)c2ccc3ccccc3c2)cc1. The summed E-state index contributed by atoms with van der Waals surface area (Å²) in [6.07, 6.45) is 0. The van der Waals surface area contributed by atoms with Gasteiger partial charge in [-0.2, -0.15) is 16.8 Å². The normalized spacial score (nSPS) is 14.1. The average molecular weight is 522 g/mol. The van der Waals surface area contributed by atoms with Gasteiger partial charge < -0.3 is 4.74 Å². The maximum atomic E-state index is 13.8. The molecule has 0 aromatic heterocycles. The molecular formula is C25H19N3O6S2. The highest BCUT2D eigenvalue weighted by molar-refractivity contribution is 7.91. The summed E-state index contributed by atoms with van der Waals surface area (Å²) < 4.78 is 61.8. The van der Waals surface area contributed by atoms with Gasteiger partial charge >= 0.3 is 0 Å². The number of nitrogens with one attached hydrogen (secondary N) is 1. The van der Waals surface area contributed by atoms with Crippen LogP contribution in [0, 0.1) is 0 Å². The van der Waals surface area contributed by atoms with Crippen LogP contribution in [0.15, 0.2) is 105 Å². The Morgan fingerprint density at radius 3 is 2.28 bits per heavy atom. The van der Waals surface area contributed by atoms with Crippen LogP contribution in [0.4, 0.5) is 0 Å². The molecule has 1 aliphatic heterocycles.